The van der Waals surface area contributed by atoms with Gasteiger partial charge >= 0.3 is 0 Å². The first-order chi connectivity index (χ1) is 17.3. The van der Waals surface area contributed by atoms with Gasteiger partial charge in [0.05, 0.1) is 5.75 Å². The molecule has 1 saturated heterocycles. The minimum Gasteiger partial charge on any atom is -0.353 e. The summed E-state index contributed by atoms with van der Waals surface area (Å²) in [6.45, 7) is 3.76. The lowest BCUT2D eigenvalue weighted by Gasteiger charge is -2.40. The van der Waals surface area contributed by atoms with Gasteiger partial charge in [-0.1, -0.05) is 35.5 Å². The Kier molecular flexibility index (Phi) is 8.37. The Labute approximate surface area is 216 Å². The zero-order valence-corrected chi connectivity index (χ0v) is 21.0. The molecule has 2 heterocycles. The minimum absolute atomic E-state index is 0.0946. The molecule has 11 heteroatoms. The van der Waals surface area contributed by atoms with Crippen LogP contribution >= 0.6 is 23.4 Å². The number of carbonyl (C=O) groups excluding carboxylic acids is 2. The predicted molar refractivity (Wildman–Crippen MR) is 135 cm³/mol. The molecule has 2 aromatic carbocycles. The smallest absolute Gasteiger partial charge is 0.254 e. The molecule has 36 heavy (non-hydrogen) atoms. The number of anilines is 1. The van der Waals surface area contributed by atoms with Crippen molar-refractivity contribution >= 4 is 41.0 Å². The summed E-state index contributed by atoms with van der Waals surface area (Å²) in [6.07, 6.45) is 0. The normalized spacial score (nSPS) is 15.6. The highest BCUT2D eigenvalue weighted by molar-refractivity contribution is 7.99. The Balaban J connectivity index is 1.33. The summed E-state index contributed by atoms with van der Waals surface area (Å²) in [5.74, 6) is -0.363. The van der Waals surface area contributed by atoms with Gasteiger partial charge < -0.3 is 15.1 Å². The monoisotopic (exact) mass is 531 g/mol. The average molecular weight is 532 g/mol. The lowest BCUT2D eigenvalue weighted by molar-refractivity contribution is -0.118. The van der Waals surface area contributed by atoms with Crippen LogP contribution < -0.4 is 10.2 Å². The highest BCUT2D eigenvalue weighted by Gasteiger charge is 2.29. The number of rotatable bonds is 7. The number of aromatic nitrogens is 2. The summed E-state index contributed by atoms with van der Waals surface area (Å²) in [7, 11) is 0. The Morgan fingerprint density at radius 3 is 2.39 bits per heavy atom. The quantitative estimate of drug-likeness (QED) is 0.280. The first-order valence-corrected chi connectivity index (χ1v) is 12.6. The SMILES string of the molecule is CC1CN(c2cc(Cl)nc(SCC(=O)NCc3ccc(F)cc3)n2)CCN1C(=O)c1ccc(F)cc1. The van der Waals surface area contributed by atoms with E-state index < -0.39 is 0 Å². The van der Waals surface area contributed by atoms with E-state index in [1.165, 1.54) is 36.4 Å². The fourth-order valence-corrected chi connectivity index (χ4v) is 4.73. The van der Waals surface area contributed by atoms with Gasteiger partial charge in [-0.15, -0.1) is 0 Å². The van der Waals surface area contributed by atoms with Crippen molar-refractivity contribution in [3.05, 3.63) is 82.5 Å². The standard InChI is InChI=1S/C25H24ClF2N5O2S/c1-16-14-32(10-11-33(16)24(35)18-4-8-20(28)9-5-18)22-12-21(26)30-25(31-22)36-15-23(34)29-13-17-2-6-19(27)7-3-17/h2-9,12,16H,10-11,13-15H2,1H3,(H,29,34). The molecule has 2 amide bonds. The van der Waals surface area contributed by atoms with Crippen molar-refractivity contribution in [1.82, 2.24) is 20.2 Å². The Morgan fingerprint density at radius 2 is 1.72 bits per heavy atom. The van der Waals surface area contributed by atoms with Gasteiger partial charge in [0.25, 0.3) is 5.91 Å². The number of hydrogen-bond acceptors (Lipinski definition) is 6. The Bertz CT molecular complexity index is 1230. The summed E-state index contributed by atoms with van der Waals surface area (Å²) in [4.78, 5) is 37.6. The van der Waals surface area contributed by atoms with Crippen LogP contribution in [0.25, 0.3) is 0 Å². The van der Waals surface area contributed by atoms with Gasteiger partial charge in [0.2, 0.25) is 5.91 Å². The van der Waals surface area contributed by atoms with E-state index in [0.29, 0.717) is 42.7 Å². The van der Waals surface area contributed by atoms with Gasteiger partial charge in [-0.3, -0.25) is 9.59 Å². The van der Waals surface area contributed by atoms with Crippen LogP contribution in [0.4, 0.5) is 14.6 Å². The van der Waals surface area contributed by atoms with E-state index in [2.05, 4.69) is 15.3 Å². The number of amides is 2. The van der Waals surface area contributed by atoms with E-state index in [0.717, 1.165) is 17.3 Å². The third-order valence-corrected chi connectivity index (χ3v) is 6.74. The largest absolute Gasteiger partial charge is 0.353 e. The molecule has 1 aromatic heterocycles. The molecule has 1 aliphatic heterocycles. The number of halogens is 3. The molecular formula is C25H24ClF2N5O2S. The Hall–Kier alpha value is -3.24. The number of piperazine rings is 1. The fourth-order valence-electron chi connectivity index (χ4n) is 3.82. The van der Waals surface area contributed by atoms with E-state index in [-0.39, 0.29) is 40.4 Å². The third kappa shape index (κ3) is 6.70. The topological polar surface area (TPSA) is 78.4 Å². The van der Waals surface area contributed by atoms with Crippen LogP contribution in [-0.4, -0.2) is 58.1 Å². The van der Waals surface area contributed by atoms with Crippen LogP contribution in [0.2, 0.25) is 5.15 Å². The van der Waals surface area contributed by atoms with E-state index in [4.69, 9.17) is 11.6 Å². The van der Waals surface area contributed by atoms with Crippen LogP contribution in [0.1, 0.15) is 22.8 Å². The van der Waals surface area contributed by atoms with Crippen LogP contribution in [0.3, 0.4) is 0 Å². The van der Waals surface area contributed by atoms with Gasteiger partial charge in [-0.25, -0.2) is 18.7 Å². The Morgan fingerprint density at radius 1 is 1.06 bits per heavy atom. The molecule has 7 nitrogen and oxygen atoms in total. The molecule has 4 rings (SSSR count). The predicted octanol–water partition coefficient (Wildman–Crippen LogP) is 4.17. The molecule has 1 fully saturated rings. The van der Waals surface area contributed by atoms with Gasteiger partial charge in [0, 0.05) is 43.9 Å². The van der Waals surface area contributed by atoms with Crippen molar-refractivity contribution in [2.24, 2.45) is 0 Å². The van der Waals surface area contributed by atoms with Gasteiger partial charge in [0.15, 0.2) is 5.16 Å². The number of carbonyl (C=O) groups is 2. The second-order valence-corrected chi connectivity index (χ2v) is 9.65. The van der Waals surface area contributed by atoms with Crippen LogP contribution in [0.15, 0.2) is 59.8 Å². The summed E-state index contributed by atoms with van der Waals surface area (Å²) in [5, 5.41) is 3.40. The highest BCUT2D eigenvalue weighted by Crippen LogP contribution is 2.24. The number of thioether (sulfide) groups is 1. The second-order valence-electron chi connectivity index (χ2n) is 8.32. The van der Waals surface area contributed by atoms with E-state index >= 15 is 0 Å². The third-order valence-electron chi connectivity index (χ3n) is 5.70. The zero-order chi connectivity index (χ0) is 25.7. The van der Waals surface area contributed by atoms with Crippen molar-refractivity contribution in [3.8, 4) is 0 Å². The van der Waals surface area contributed by atoms with Crippen molar-refractivity contribution in [2.75, 3.05) is 30.3 Å². The van der Waals surface area contributed by atoms with Gasteiger partial charge in [0.1, 0.15) is 22.6 Å². The summed E-state index contributed by atoms with van der Waals surface area (Å²) in [5.41, 5.74) is 1.24. The molecule has 0 bridgehead atoms. The lowest BCUT2D eigenvalue weighted by Crippen LogP contribution is -2.54. The molecular weight excluding hydrogens is 508 g/mol. The summed E-state index contributed by atoms with van der Waals surface area (Å²) < 4.78 is 26.2. The summed E-state index contributed by atoms with van der Waals surface area (Å²) in [6, 6.07) is 13.0. The fraction of sp³-hybridized carbons (Fsp3) is 0.280. The van der Waals surface area contributed by atoms with Crippen LogP contribution in [-0.2, 0) is 11.3 Å². The molecule has 188 valence electrons. The van der Waals surface area contributed by atoms with Crippen LogP contribution in [0.5, 0.6) is 0 Å². The van der Waals surface area contributed by atoms with E-state index in [1.54, 1.807) is 23.1 Å². The lowest BCUT2D eigenvalue weighted by atomic mass is 10.1. The number of benzene rings is 2. The molecule has 0 spiro atoms. The molecule has 1 atom stereocenters. The first-order valence-electron chi connectivity index (χ1n) is 11.3. The average Bonchev–Trinajstić information content (AvgIpc) is 2.87. The van der Waals surface area contributed by atoms with Gasteiger partial charge in [-0.05, 0) is 48.9 Å². The number of hydrogen-bond donors (Lipinski definition) is 1. The van der Waals surface area contributed by atoms with Gasteiger partial charge in [-0.2, -0.15) is 0 Å². The molecule has 0 radical (unpaired) electrons. The number of nitrogens with one attached hydrogen (secondary N) is 1. The maximum atomic E-state index is 13.2. The van der Waals surface area contributed by atoms with Crippen LogP contribution in [0, 0.1) is 11.6 Å². The number of nitrogens with zero attached hydrogens (tertiary/aromatic N) is 4. The molecule has 3 aromatic rings. The molecule has 1 unspecified atom stereocenters. The van der Waals surface area contributed by atoms with Crippen molar-refractivity contribution < 1.29 is 18.4 Å². The summed E-state index contributed by atoms with van der Waals surface area (Å²) >= 11 is 7.39. The van der Waals surface area contributed by atoms with E-state index in [1.807, 2.05) is 11.8 Å². The molecule has 0 aliphatic carbocycles. The van der Waals surface area contributed by atoms with E-state index in [9.17, 15) is 18.4 Å². The maximum Gasteiger partial charge on any atom is 0.254 e. The molecule has 0 saturated carbocycles. The second kappa shape index (κ2) is 11.7. The highest BCUT2D eigenvalue weighted by atomic mass is 35.5. The van der Waals surface area contributed by atoms with Crippen molar-refractivity contribution in [3.63, 3.8) is 0 Å². The van der Waals surface area contributed by atoms with Crippen molar-refractivity contribution in [1.29, 1.82) is 0 Å². The first kappa shape index (κ1) is 25.8. The maximum absolute atomic E-state index is 13.2. The van der Waals surface area contributed by atoms with Crippen molar-refractivity contribution in [2.45, 2.75) is 24.7 Å². The zero-order valence-electron chi connectivity index (χ0n) is 19.5. The molecule has 1 aliphatic rings. The minimum atomic E-state index is -0.385. The molecule has 1 N–H and O–H groups in total.